The monoisotopic (exact) mass is 380 g/mol. The van der Waals surface area contributed by atoms with Crippen molar-refractivity contribution >= 4 is 11.9 Å². The van der Waals surface area contributed by atoms with Crippen LogP contribution in [0.25, 0.3) is 0 Å². The largest absolute Gasteiger partial charge is 0.395 e. The summed E-state index contributed by atoms with van der Waals surface area (Å²) >= 11 is 0. The van der Waals surface area contributed by atoms with Gasteiger partial charge in [-0.05, 0) is 62.3 Å². The van der Waals surface area contributed by atoms with E-state index in [1.807, 2.05) is 0 Å². The second-order valence-corrected chi connectivity index (χ2v) is 8.44. The van der Waals surface area contributed by atoms with Crippen LogP contribution in [-0.4, -0.2) is 40.6 Å². The summed E-state index contributed by atoms with van der Waals surface area (Å²) in [4.78, 5) is 63.1. The Kier molecular flexibility index (Phi) is 6.78. The fourth-order valence-electron chi connectivity index (χ4n) is 1.11. The van der Waals surface area contributed by atoms with Crippen LogP contribution in [-0.2, 0) is 48.7 Å². The van der Waals surface area contributed by atoms with Crippen LogP contribution in [0, 0.1) is 0 Å². The smallest absolute Gasteiger partial charge is 0.244 e. The Morgan fingerprint density at radius 2 is 1.08 bits per heavy atom. The van der Waals surface area contributed by atoms with Gasteiger partial charge >= 0.3 is 11.9 Å². The minimum absolute atomic E-state index is 0.647. The average molecular weight is 380 g/mol. The summed E-state index contributed by atoms with van der Waals surface area (Å²) < 4.78 is 0. The lowest BCUT2D eigenvalue weighted by Gasteiger charge is -2.27. The van der Waals surface area contributed by atoms with Crippen molar-refractivity contribution in [3.8, 4) is 0 Å². The van der Waals surface area contributed by atoms with Crippen LogP contribution in [0.15, 0.2) is 0 Å². The molecule has 0 radical (unpaired) electrons. The van der Waals surface area contributed by atoms with E-state index in [4.69, 9.17) is 19.6 Å². The first-order chi connectivity index (χ1) is 11.6. The highest BCUT2D eigenvalue weighted by atomic mass is 17.4. The molecule has 0 aliphatic carbocycles. The molecule has 1 aliphatic heterocycles. The normalized spacial score (nSPS) is 18.2. The predicted octanol–water partition coefficient (Wildman–Crippen LogP) is 2.31. The van der Waals surface area contributed by atoms with Crippen LogP contribution in [0.3, 0.4) is 0 Å². The van der Waals surface area contributed by atoms with Gasteiger partial charge in [-0.25, -0.2) is 38.9 Å². The summed E-state index contributed by atoms with van der Waals surface area (Å²) in [6.45, 7) is 14.4. The van der Waals surface area contributed by atoms with Gasteiger partial charge in [-0.2, -0.15) is 9.78 Å². The van der Waals surface area contributed by atoms with Crippen molar-refractivity contribution in [1.29, 1.82) is 0 Å². The van der Waals surface area contributed by atoms with Gasteiger partial charge in [0.1, 0.15) is 0 Å². The Morgan fingerprint density at radius 3 is 1.50 bits per heavy atom. The number of carbonyl (C=O) groups is 2. The van der Waals surface area contributed by atoms with E-state index >= 15 is 0 Å². The van der Waals surface area contributed by atoms with Gasteiger partial charge in [0.2, 0.25) is 0 Å². The molecule has 10 heteroatoms. The fraction of sp³-hybridized carbons (Fsp3) is 0.875. The molecule has 0 aromatic rings. The minimum atomic E-state index is -1.81. The zero-order valence-corrected chi connectivity index (χ0v) is 16.7. The van der Waals surface area contributed by atoms with Gasteiger partial charge < -0.3 is 0 Å². The Hall–Kier alpha value is -1.30. The molecule has 1 fully saturated rings. The molecule has 1 aliphatic rings. The SMILES string of the molecule is CC(C)(C)OOC(C)(C)C(=O)OOC(=O)C(C)(OOC(C)(C)C)C1OO1. The molecule has 10 nitrogen and oxygen atoms in total. The van der Waals surface area contributed by atoms with E-state index in [-0.39, 0.29) is 0 Å². The van der Waals surface area contributed by atoms with Gasteiger partial charge in [-0.1, -0.05) is 0 Å². The number of rotatable bonds is 7. The molecule has 1 heterocycles. The van der Waals surface area contributed by atoms with Crippen LogP contribution in [0.5, 0.6) is 0 Å². The molecule has 0 aromatic heterocycles. The molecule has 0 aromatic carbocycles. The van der Waals surface area contributed by atoms with E-state index in [0.717, 1.165) is 0 Å². The van der Waals surface area contributed by atoms with Crippen LogP contribution in [0.2, 0.25) is 0 Å². The van der Waals surface area contributed by atoms with Crippen molar-refractivity contribution in [3.05, 3.63) is 0 Å². The van der Waals surface area contributed by atoms with Crippen molar-refractivity contribution in [2.24, 2.45) is 0 Å². The van der Waals surface area contributed by atoms with Gasteiger partial charge in [0, 0.05) is 0 Å². The summed E-state index contributed by atoms with van der Waals surface area (Å²) in [5.74, 6) is -2.09. The molecule has 0 spiro atoms. The third-order valence-electron chi connectivity index (χ3n) is 2.70. The summed E-state index contributed by atoms with van der Waals surface area (Å²) in [6, 6.07) is 0. The van der Waals surface area contributed by atoms with Gasteiger partial charge in [0.05, 0.1) is 11.2 Å². The lowest BCUT2D eigenvalue weighted by atomic mass is 10.1. The third-order valence-corrected chi connectivity index (χ3v) is 2.70. The highest BCUT2D eigenvalue weighted by Gasteiger charge is 2.58. The maximum Gasteiger partial charge on any atom is 0.395 e. The number of hydrogen-bond donors (Lipinski definition) is 0. The second-order valence-electron chi connectivity index (χ2n) is 8.44. The van der Waals surface area contributed by atoms with E-state index in [1.165, 1.54) is 20.8 Å². The molecule has 0 saturated carbocycles. The molecular formula is C16H28O10. The summed E-state index contributed by atoms with van der Waals surface area (Å²) in [5, 5.41) is 0. The lowest BCUT2D eigenvalue weighted by Crippen LogP contribution is -2.48. The van der Waals surface area contributed by atoms with Crippen LogP contribution in [0.1, 0.15) is 62.3 Å². The molecule has 1 atom stereocenters. The first-order valence-corrected chi connectivity index (χ1v) is 8.06. The molecule has 26 heavy (non-hydrogen) atoms. The Balaban J connectivity index is 2.63. The highest BCUT2D eigenvalue weighted by molar-refractivity contribution is 5.82. The van der Waals surface area contributed by atoms with E-state index < -0.39 is 40.6 Å². The standard InChI is InChI=1S/C16H28O10/c1-13(2,3)23-25-15(7,8)10(17)19-20-11(18)16(9,12-21-22-12)26-24-14(4,5)6/h12H,1-9H3. The van der Waals surface area contributed by atoms with Gasteiger partial charge in [0.25, 0.3) is 11.9 Å². The minimum Gasteiger partial charge on any atom is -0.244 e. The van der Waals surface area contributed by atoms with Crippen molar-refractivity contribution < 1.29 is 48.7 Å². The van der Waals surface area contributed by atoms with Crippen LogP contribution >= 0.6 is 0 Å². The molecule has 0 bridgehead atoms. The molecular weight excluding hydrogens is 352 g/mol. The summed E-state index contributed by atoms with van der Waals surface area (Å²) in [5.41, 5.74) is -4.70. The zero-order valence-electron chi connectivity index (χ0n) is 16.7. The van der Waals surface area contributed by atoms with E-state index in [2.05, 4.69) is 19.6 Å². The Bertz CT molecular complexity index is 512. The van der Waals surface area contributed by atoms with Gasteiger partial charge in [0.15, 0.2) is 5.60 Å². The van der Waals surface area contributed by atoms with Crippen molar-refractivity contribution in [3.63, 3.8) is 0 Å². The van der Waals surface area contributed by atoms with E-state index in [9.17, 15) is 9.59 Å². The third kappa shape index (κ3) is 7.14. The molecule has 152 valence electrons. The quantitative estimate of drug-likeness (QED) is 0.370. The summed E-state index contributed by atoms with van der Waals surface area (Å²) in [6.07, 6.45) is -1.07. The van der Waals surface area contributed by atoms with Crippen molar-refractivity contribution in [2.45, 2.75) is 91.0 Å². The van der Waals surface area contributed by atoms with Crippen molar-refractivity contribution in [2.75, 3.05) is 0 Å². The molecule has 0 N–H and O–H groups in total. The highest BCUT2D eigenvalue weighted by Crippen LogP contribution is 2.33. The average Bonchev–Trinajstić information content (AvgIpc) is 3.31. The molecule has 0 amide bonds. The lowest BCUT2D eigenvalue weighted by molar-refractivity contribution is -0.409. The van der Waals surface area contributed by atoms with Crippen LogP contribution < -0.4 is 0 Å². The first-order valence-electron chi connectivity index (χ1n) is 8.06. The second kappa shape index (κ2) is 7.75. The van der Waals surface area contributed by atoms with Crippen molar-refractivity contribution in [1.82, 2.24) is 0 Å². The van der Waals surface area contributed by atoms with Gasteiger partial charge in [-0.15, -0.1) is 0 Å². The van der Waals surface area contributed by atoms with Crippen LogP contribution in [0.4, 0.5) is 0 Å². The molecule has 1 saturated heterocycles. The van der Waals surface area contributed by atoms with E-state index in [0.29, 0.717) is 0 Å². The molecule has 1 rings (SSSR count). The first kappa shape index (κ1) is 22.7. The Morgan fingerprint density at radius 1 is 0.654 bits per heavy atom. The number of hydrogen-bond acceptors (Lipinski definition) is 10. The Labute approximate surface area is 152 Å². The zero-order chi connectivity index (χ0) is 20.4. The maximum atomic E-state index is 12.3. The fourth-order valence-corrected chi connectivity index (χ4v) is 1.11. The topological polar surface area (TPSA) is 115 Å². The molecule has 1 unspecified atom stereocenters. The summed E-state index contributed by atoms with van der Waals surface area (Å²) in [7, 11) is 0. The van der Waals surface area contributed by atoms with E-state index in [1.54, 1.807) is 41.5 Å². The van der Waals surface area contributed by atoms with Gasteiger partial charge in [-0.3, -0.25) is 0 Å². The predicted molar refractivity (Wildman–Crippen MR) is 84.5 cm³/mol. The maximum absolute atomic E-state index is 12.3. The number of carbonyl (C=O) groups excluding carboxylic acids is 2.